The van der Waals surface area contributed by atoms with Crippen molar-refractivity contribution in [2.75, 3.05) is 27.2 Å². The quantitative estimate of drug-likeness (QED) is 0.623. The van der Waals surface area contributed by atoms with Gasteiger partial charge in [0.1, 0.15) is 5.69 Å². The van der Waals surface area contributed by atoms with E-state index in [1.807, 2.05) is 36.5 Å². The number of carbonyl (C=O) groups is 2. The van der Waals surface area contributed by atoms with Crippen LogP contribution in [0.15, 0.2) is 67.4 Å². The van der Waals surface area contributed by atoms with Crippen molar-refractivity contribution in [3.63, 3.8) is 0 Å². The highest BCUT2D eigenvalue weighted by Crippen LogP contribution is 2.36. The molecular weight excluding hydrogens is 402 g/mol. The fourth-order valence-corrected chi connectivity index (χ4v) is 4.53. The normalized spacial score (nSPS) is 18.2. The van der Waals surface area contributed by atoms with Gasteiger partial charge in [0.25, 0.3) is 5.91 Å². The van der Waals surface area contributed by atoms with E-state index in [2.05, 4.69) is 21.0 Å². The van der Waals surface area contributed by atoms with E-state index in [1.165, 1.54) is 12.4 Å². The maximum absolute atomic E-state index is 13.4. The number of benzene rings is 1. The van der Waals surface area contributed by atoms with Gasteiger partial charge in [0, 0.05) is 52.0 Å². The molecule has 4 rings (SSSR count). The number of pyridine rings is 1. The average Bonchev–Trinajstić information content (AvgIpc) is 2.84. The zero-order chi connectivity index (χ0) is 22.6. The van der Waals surface area contributed by atoms with Crippen LogP contribution in [-0.4, -0.2) is 63.8 Å². The third kappa shape index (κ3) is 4.51. The van der Waals surface area contributed by atoms with E-state index in [1.54, 1.807) is 36.3 Å². The molecule has 1 aromatic carbocycles. The van der Waals surface area contributed by atoms with Crippen molar-refractivity contribution in [3.8, 4) is 11.1 Å². The fraction of sp³-hybridized carbons (Fsp3) is 0.320. The SMILES string of the molecule is CN(C)C(=O)C1(Cc2cccc(-c3cccnc3)c2)CCCN(C(=O)c2cnccn2)C1. The zero-order valence-electron chi connectivity index (χ0n) is 18.4. The van der Waals surface area contributed by atoms with Gasteiger partial charge in [-0.05, 0) is 42.0 Å². The first-order valence-corrected chi connectivity index (χ1v) is 10.7. The predicted octanol–water partition coefficient (Wildman–Crippen LogP) is 3.09. The molecule has 2 aromatic heterocycles. The number of carbonyl (C=O) groups excluding carboxylic acids is 2. The van der Waals surface area contributed by atoms with Crippen molar-refractivity contribution in [2.45, 2.75) is 19.3 Å². The summed E-state index contributed by atoms with van der Waals surface area (Å²) in [6.45, 7) is 0.962. The van der Waals surface area contributed by atoms with Crippen LogP contribution in [0.5, 0.6) is 0 Å². The van der Waals surface area contributed by atoms with Gasteiger partial charge in [0.2, 0.25) is 5.91 Å². The van der Waals surface area contributed by atoms with Crippen molar-refractivity contribution in [1.82, 2.24) is 24.8 Å². The van der Waals surface area contributed by atoms with Crippen LogP contribution in [0.25, 0.3) is 11.1 Å². The van der Waals surface area contributed by atoms with Crippen LogP contribution in [0.3, 0.4) is 0 Å². The second kappa shape index (κ2) is 9.26. The minimum atomic E-state index is -0.687. The van der Waals surface area contributed by atoms with Crippen molar-refractivity contribution < 1.29 is 9.59 Å². The van der Waals surface area contributed by atoms with Crippen LogP contribution in [0.1, 0.15) is 28.9 Å². The average molecular weight is 430 g/mol. The van der Waals surface area contributed by atoms with E-state index >= 15 is 0 Å². The topological polar surface area (TPSA) is 79.3 Å². The molecule has 0 N–H and O–H groups in total. The Hall–Kier alpha value is -3.61. The summed E-state index contributed by atoms with van der Waals surface area (Å²) in [5.74, 6) is -0.140. The molecular formula is C25H27N5O2. The number of hydrogen-bond donors (Lipinski definition) is 0. The van der Waals surface area contributed by atoms with Gasteiger partial charge in [-0.2, -0.15) is 0 Å². The molecule has 3 aromatic rings. The molecule has 1 saturated heterocycles. The molecule has 3 heterocycles. The minimum Gasteiger partial charge on any atom is -0.348 e. The third-order valence-corrected chi connectivity index (χ3v) is 5.97. The van der Waals surface area contributed by atoms with Gasteiger partial charge < -0.3 is 9.80 Å². The summed E-state index contributed by atoms with van der Waals surface area (Å²) >= 11 is 0. The zero-order valence-corrected chi connectivity index (χ0v) is 18.4. The smallest absolute Gasteiger partial charge is 0.274 e. The highest BCUT2D eigenvalue weighted by Gasteiger charge is 2.44. The molecule has 0 bridgehead atoms. The van der Waals surface area contributed by atoms with Crippen molar-refractivity contribution >= 4 is 11.8 Å². The molecule has 1 unspecified atom stereocenters. The van der Waals surface area contributed by atoms with E-state index in [9.17, 15) is 9.59 Å². The summed E-state index contributed by atoms with van der Waals surface area (Å²) in [5, 5.41) is 0. The van der Waals surface area contributed by atoms with Crippen molar-refractivity contribution in [1.29, 1.82) is 0 Å². The molecule has 0 aliphatic carbocycles. The van der Waals surface area contributed by atoms with Crippen LogP contribution < -0.4 is 0 Å². The summed E-state index contributed by atoms with van der Waals surface area (Å²) in [4.78, 5) is 42.3. The Kier molecular flexibility index (Phi) is 6.25. The number of hydrogen-bond acceptors (Lipinski definition) is 5. The summed E-state index contributed by atoms with van der Waals surface area (Å²) in [6, 6.07) is 12.2. The van der Waals surface area contributed by atoms with Gasteiger partial charge >= 0.3 is 0 Å². The van der Waals surface area contributed by atoms with E-state index in [4.69, 9.17) is 0 Å². The molecule has 1 aliphatic rings. The van der Waals surface area contributed by atoms with Crippen LogP contribution >= 0.6 is 0 Å². The number of nitrogens with zero attached hydrogens (tertiary/aromatic N) is 5. The lowest BCUT2D eigenvalue weighted by Gasteiger charge is -2.43. The van der Waals surface area contributed by atoms with Gasteiger partial charge in [0.05, 0.1) is 11.6 Å². The number of likely N-dealkylation sites (tertiary alicyclic amines) is 1. The molecule has 7 heteroatoms. The molecule has 0 radical (unpaired) electrons. The van der Waals surface area contributed by atoms with E-state index in [-0.39, 0.29) is 11.8 Å². The highest BCUT2D eigenvalue weighted by atomic mass is 16.2. The number of piperidine rings is 1. The number of rotatable bonds is 5. The lowest BCUT2D eigenvalue weighted by Crippen LogP contribution is -2.54. The minimum absolute atomic E-state index is 0.0425. The molecule has 2 amide bonds. The van der Waals surface area contributed by atoms with Gasteiger partial charge in [-0.25, -0.2) is 4.98 Å². The monoisotopic (exact) mass is 429 g/mol. The van der Waals surface area contributed by atoms with Gasteiger partial charge in [-0.1, -0.05) is 30.3 Å². The van der Waals surface area contributed by atoms with Gasteiger partial charge in [-0.15, -0.1) is 0 Å². The number of aromatic nitrogens is 3. The molecule has 0 spiro atoms. The Morgan fingerprint density at radius 3 is 2.56 bits per heavy atom. The Morgan fingerprint density at radius 1 is 1.03 bits per heavy atom. The Labute approximate surface area is 188 Å². The summed E-state index contributed by atoms with van der Waals surface area (Å²) in [5.41, 5.74) is 2.78. The molecule has 164 valence electrons. The fourth-order valence-electron chi connectivity index (χ4n) is 4.53. The van der Waals surface area contributed by atoms with Crippen molar-refractivity contribution in [2.24, 2.45) is 5.41 Å². The lowest BCUT2D eigenvalue weighted by atomic mass is 9.73. The maximum atomic E-state index is 13.4. The van der Waals surface area contributed by atoms with E-state index in [0.29, 0.717) is 25.2 Å². The first kappa shape index (κ1) is 21.6. The van der Waals surface area contributed by atoms with Crippen molar-refractivity contribution in [3.05, 3.63) is 78.6 Å². The van der Waals surface area contributed by atoms with Crippen LogP contribution in [-0.2, 0) is 11.2 Å². The molecule has 0 saturated carbocycles. The molecule has 1 fully saturated rings. The second-order valence-corrected chi connectivity index (χ2v) is 8.52. The second-order valence-electron chi connectivity index (χ2n) is 8.52. The summed E-state index contributed by atoms with van der Waals surface area (Å²) in [6.07, 6.45) is 10.2. The van der Waals surface area contributed by atoms with Crippen LogP contribution in [0.4, 0.5) is 0 Å². The Bertz CT molecular complexity index is 1090. The first-order chi connectivity index (χ1) is 15.5. The molecule has 7 nitrogen and oxygen atoms in total. The molecule has 32 heavy (non-hydrogen) atoms. The largest absolute Gasteiger partial charge is 0.348 e. The number of amides is 2. The third-order valence-electron chi connectivity index (χ3n) is 5.97. The van der Waals surface area contributed by atoms with Crippen LogP contribution in [0, 0.1) is 5.41 Å². The summed E-state index contributed by atoms with van der Waals surface area (Å²) in [7, 11) is 3.55. The van der Waals surface area contributed by atoms with E-state index in [0.717, 1.165) is 29.5 Å². The maximum Gasteiger partial charge on any atom is 0.274 e. The Balaban J connectivity index is 1.64. The Morgan fingerprint density at radius 2 is 1.84 bits per heavy atom. The summed E-state index contributed by atoms with van der Waals surface area (Å²) < 4.78 is 0. The van der Waals surface area contributed by atoms with Gasteiger partial charge in [0.15, 0.2) is 0 Å². The van der Waals surface area contributed by atoms with Gasteiger partial charge in [-0.3, -0.25) is 19.6 Å². The van der Waals surface area contributed by atoms with E-state index < -0.39 is 5.41 Å². The lowest BCUT2D eigenvalue weighted by molar-refractivity contribution is -0.142. The highest BCUT2D eigenvalue weighted by molar-refractivity contribution is 5.93. The molecule has 1 atom stereocenters. The first-order valence-electron chi connectivity index (χ1n) is 10.7. The standard InChI is InChI=1S/C25H27N5O2/c1-29(2)24(32)25(9-5-13-30(18-25)23(31)22-17-27-11-12-28-22)15-19-6-3-7-20(14-19)21-8-4-10-26-16-21/h3-4,6-8,10-12,14,16-17H,5,9,13,15,18H2,1-2H3. The molecule has 1 aliphatic heterocycles. The van der Waals surface area contributed by atoms with Crippen LogP contribution in [0.2, 0.25) is 0 Å². The predicted molar refractivity (Wildman–Crippen MR) is 122 cm³/mol.